The second-order valence-corrected chi connectivity index (χ2v) is 4.88. The lowest BCUT2D eigenvalue weighted by molar-refractivity contribution is -0.120. The Labute approximate surface area is 100 Å². The van der Waals surface area contributed by atoms with E-state index >= 15 is 0 Å². The summed E-state index contributed by atoms with van der Waals surface area (Å²) in [6, 6.07) is -0.0809. The van der Waals surface area contributed by atoms with Gasteiger partial charge in [0.15, 0.2) is 10.9 Å². The highest BCUT2D eigenvalue weighted by Crippen LogP contribution is 2.35. The number of aromatic nitrogens is 1. The molecule has 94 valence electrons. The molecule has 0 unspecified atom stereocenters. The lowest BCUT2D eigenvalue weighted by Gasteiger charge is -2.22. The summed E-state index contributed by atoms with van der Waals surface area (Å²) in [5.74, 6) is -0.227. The maximum absolute atomic E-state index is 12.4. The van der Waals surface area contributed by atoms with Gasteiger partial charge in [0, 0.05) is 18.3 Å². The topological polar surface area (TPSA) is 33.2 Å². The number of carbonyl (C=O) groups excluding carboxylic acids is 1. The molecule has 7 heteroatoms. The molecule has 0 N–H and O–H groups in total. The second-order valence-electron chi connectivity index (χ2n) is 4.05. The number of rotatable bonds is 4. The molecule has 0 aliphatic heterocycles. The molecule has 1 aromatic heterocycles. The number of halogens is 3. The van der Waals surface area contributed by atoms with E-state index in [-0.39, 0.29) is 22.7 Å². The van der Waals surface area contributed by atoms with Gasteiger partial charge >= 0.3 is 6.18 Å². The summed E-state index contributed by atoms with van der Waals surface area (Å²) in [5.41, 5.74) is 0.234. The fourth-order valence-electron chi connectivity index (χ4n) is 1.49. The van der Waals surface area contributed by atoms with Crippen molar-refractivity contribution in [3.63, 3.8) is 0 Å². The van der Waals surface area contributed by atoms with Crippen molar-refractivity contribution in [1.82, 2.24) is 4.98 Å². The first-order valence-electron chi connectivity index (χ1n) is 5.16. The highest BCUT2D eigenvalue weighted by Gasteiger charge is 2.39. The Morgan fingerprint density at radius 3 is 2.65 bits per heavy atom. The molecule has 17 heavy (non-hydrogen) atoms. The molecule has 1 aliphatic carbocycles. The Bertz CT molecular complexity index is 425. The molecule has 0 aromatic carbocycles. The summed E-state index contributed by atoms with van der Waals surface area (Å²) in [7, 11) is 0. The van der Waals surface area contributed by atoms with Crippen LogP contribution in [0.4, 0.5) is 18.3 Å². The minimum absolute atomic E-state index is 0.0809. The average Bonchev–Trinajstić information content (AvgIpc) is 2.90. The smallest absolute Gasteiger partial charge is 0.336 e. The van der Waals surface area contributed by atoms with Crippen LogP contribution in [0.2, 0.25) is 0 Å². The number of alkyl halides is 3. The average molecular weight is 264 g/mol. The van der Waals surface area contributed by atoms with Gasteiger partial charge in [-0.2, -0.15) is 13.2 Å². The quantitative estimate of drug-likeness (QED) is 0.784. The molecule has 1 heterocycles. The van der Waals surface area contributed by atoms with Crippen molar-refractivity contribution in [2.75, 3.05) is 11.4 Å². The molecule has 3 nitrogen and oxygen atoms in total. The number of thiazole rings is 1. The van der Waals surface area contributed by atoms with E-state index in [1.165, 1.54) is 17.2 Å². The number of hydrogen-bond acceptors (Lipinski definition) is 4. The Hall–Kier alpha value is -1.11. The molecule has 0 atom stereocenters. The van der Waals surface area contributed by atoms with Crippen LogP contribution in [-0.2, 0) is 0 Å². The zero-order valence-electron chi connectivity index (χ0n) is 9.12. The summed E-state index contributed by atoms with van der Waals surface area (Å²) in [5, 5.41) is 1.79. The molecule has 1 aliphatic rings. The van der Waals surface area contributed by atoms with Crippen LogP contribution in [0, 0.1) is 0 Å². The lowest BCUT2D eigenvalue weighted by atomic mass is 10.4. The zero-order valence-corrected chi connectivity index (χ0v) is 9.94. The molecule has 2 rings (SSSR count). The SMILES string of the molecule is CC(=O)c1csc(N(CC(F)(F)F)C2CC2)n1. The van der Waals surface area contributed by atoms with Gasteiger partial charge in [-0.1, -0.05) is 0 Å². The largest absolute Gasteiger partial charge is 0.406 e. The van der Waals surface area contributed by atoms with Crippen LogP contribution in [0.25, 0.3) is 0 Å². The highest BCUT2D eigenvalue weighted by atomic mass is 32.1. The Balaban J connectivity index is 2.17. The number of hydrogen-bond donors (Lipinski definition) is 0. The molecular formula is C10H11F3N2OS. The number of ketones is 1. The predicted octanol–water partition coefficient (Wildman–Crippen LogP) is 2.88. The van der Waals surface area contributed by atoms with Crippen LogP contribution in [-0.4, -0.2) is 29.5 Å². The van der Waals surface area contributed by atoms with Gasteiger partial charge in [-0.15, -0.1) is 11.3 Å². The summed E-state index contributed by atoms with van der Waals surface area (Å²) in [6.45, 7) is 0.354. The number of anilines is 1. The molecule has 0 saturated heterocycles. The number of Topliss-reactive ketones (excluding diaryl/α,β-unsaturated/α-hetero) is 1. The second kappa shape index (κ2) is 4.29. The molecule has 0 spiro atoms. The molecule has 0 radical (unpaired) electrons. The van der Waals surface area contributed by atoms with Gasteiger partial charge < -0.3 is 4.90 Å². The fraction of sp³-hybridized carbons (Fsp3) is 0.600. The third-order valence-electron chi connectivity index (χ3n) is 2.44. The van der Waals surface area contributed by atoms with Crippen molar-refractivity contribution in [3.8, 4) is 0 Å². The minimum Gasteiger partial charge on any atom is -0.336 e. The van der Waals surface area contributed by atoms with Crippen LogP contribution in [0.15, 0.2) is 5.38 Å². The molecular weight excluding hydrogens is 253 g/mol. The Kier molecular flexibility index (Phi) is 3.11. The van der Waals surface area contributed by atoms with Crippen molar-refractivity contribution < 1.29 is 18.0 Å². The van der Waals surface area contributed by atoms with Crippen LogP contribution in [0.1, 0.15) is 30.3 Å². The highest BCUT2D eigenvalue weighted by molar-refractivity contribution is 7.14. The van der Waals surface area contributed by atoms with Gasteiger partial charge in [0.25, 0.3) is 0 Å². The maximum Gasteiger partial charge on any atom is 0.406 e. The Morgan fingerprint density at radius 2 is 2.24 bits per heavy atom. The monoisotopic (exact) mass is 264 g/mol. The van der Waals surface area contributed by atoms with Crippen LogP contribution in [0.5, 0.6) is 0 Å². The number of carbonyl (C=O) groups is 1. The zero-order chi connectivity index (χ0) is 12.6. The third kappa shape index (κ3) is 3.18. The lowest BCUT2D eigenvalue weighted by Crippen LogP contribution is -2.35. The van der Waals surface area contributed by atoms with E-state index in [1.807, 2.05) is 0 Å². The standard InChI is InChI=1S/C10H11F3N2OS/c1-6(16)8-4-17-9(14-8)15(7-2-3-7)5-10(11,12)13/h4,7H,2-3,5H2,1H3. The summed E-state index contributed by atoms with van der Waals surface area (Å²) < 4.78 is 37.2. The van der Waals surface area contributed by atoms with Crippen molar-refractivity contribution in [2.45, 2.75) is 32.0 Å². The molecule has 1 saturated carbocycles. The van der Waals surface area contributed by atoms with Crippen molar-refractivity contribution in [1.29, 1.82) is 0 Å². The first-order chi connectivity index (χ1) is 7.87. The van der Waals surface area contributed by atoms with E-state index < -0.39 is 12.7 Å². The van der Waals surface area contributed by atoms with Gasteiger partial charge in [-0.3, -0.25) is 4.79 Å². The van der Waals surface area contributed by atoms with E-state index in [9.17, 15) is 18.0 Å². The maximum atomic E-state index is 12.4. The van der Waals surface area contributed by atoms with Crippen LogP contribution < -0.4 is 4.90 Å². The fourth-order valence-corrected chi connectivity index (χ4v) is 2.43. The summed E-state index contributed by atoms with van der Waals surface area (Å²) in [4.78, 5) is 16.3. The first-order valence-corrected chi connectivity index (χ1v) is 6.04. The molecule has 1 aromatic rings. The van der Waals surface area contributed by atoms with E-state index in [0.717, 1.165) is 24.2 Å². The molecule has 1 fully saturated rings. The Morgan fingerprint density at radius 1 is 1.59 bits per heavy atom. The molecule has 0 amide bonds. The van der Waals surface area contributed by atoms with Gasteiger partial charge in [-0.25, -0.2) is 4.98 Å². The molecule has 0 bridgehead atoms. The van der Waals surface area contributed by atoms with Gasteiger partial charge in [0.2, 0.25) is 0 Å². The summed E-state index contributed by atoms with van der Waals surface area (Å²) in [6.07, 6.45) is -2.74. The van der Waals surface area contributed by atoms with Gasteiger partial charge in [-0.05, 0) is 12.8 Å². The van der Waals surface area contributed by atoms with Crippen molar-refractivity contribution in [3.05, 3.63) is 11.1 Å². The normalized spacial score (nSPS) is 16.0. The van der Waals surface area contributed by atoms with E-state index in [4.69, 9.17) is 0 Å². The van der Waals surface area contributed by atoms with Gasteiger partial charge in [0.05, 0.1) is 0 Å². The predicted molar refractivity (Wildman–Crippen MR) is 58.5 cm³/mol. The third-order valence-corrected chi connectivity index (χ3v) is 3.31. The summed E-state index contributed by atoms with van der Waals surface area (Å²) >= 11 is 1.09. The van der Waals surface area contributed by atoms with Crippen molar-refractivity contribution in [2.24, 2.45) is 0 Å². The van der Waals surface area contributed by atoms with Crippen LogP contribution >= 0.6 is 11.3 Å². The van der Waals surface area contributed by atoms with Crippen LogP contribution in [0.3, 0.4) is 0 Å². The van der Waals surface area contributed by atoms with E-state index in [2.05, 4.69) is 4.98 Å². The first kappa shape index (κ1) is 12.3. The number of nitrogens with zero attached hydrogens (tertiary/aromatic N) is 2. The minimum atomic E-state index is -4.25. The van der Waals surface area contributed by atoms with E-state index in [1.54, 1.807) is 0 Å². The van der Waals surface area contributed by atoms with Crippen molar-refractivity contribution >= 4 is 22.3 Å². The van der Waals surface area contributed by atoms with Gasteiger partial charge in [0.1, 0.15) is 12.2 Å². The van der Waals surface area contributed by atoms with E-state index in [0.29, 0.717) is 0 Å².